The number of tetrazole rings is 1. The highest BCUT2D eigenvalue weighted by Gasteiger charge is 2.40. The van der Waals surface area contributed by atoms with Crippen LogP contribution in [0.1, 0.15) is 65.1 Å². The minimum absolute atomic E-state index is 0.169. The molecule has 0 aromatic carbocycles. The van der Waals surface area contributed by atoms with Gasteiger partial charge in [0.2, 0.25) is 0 Å². The van der Waals surface area contributed by atoms with Gasteiger partial charge in [0.25, 0.3) is 0 Å². The molecular formula is C17H30N6O2. The molecule has 0 radical (unpaired) electrons. The predicted molar refractivity (Wildman–Crippen MR) is 92.7 cm³/mol. The van der Waals surface area contributed by atoms with Crippen molar-refractivity contribution in [2.45, 2.75) is 83.5 Å². The Labute approximate surface area is 149 Å². The molecule has 1 saturated heterocycles. The zero-order valence-electron chi connectivity index (χ0n) is 15.5. The van der Waals surface area contributed by atoms with Gasteiger partial charge in [-0.25, -0.2) is 4.79 Å². The van der Waals surface area contributed by atoms with Crippen LogP contribution in [0.2, 0.25) is 0 Å². The number of amides is 1. The second-order valence-electron chi connectivity index (χ2n) is 8.15. The molecule has 8 nitrogen and oxygen atoms in total. The quantitative estimate of drug-likeness (QED) is 0.864. The SMILES string of the molecule is CC(C)(C)OC(=O)N1CCCC1C1CCCCC1NCc1nn[nH]n1. The van der Waals surface area contributed by atoms with E-state index in [0.717, 1.165) is 32.2 Å². The molecule has 3 atom stereocenters. The summed E-state index contributed by atoms with van der Waals surface area (Å²) >= 11 is 0. The molecule has 2 heterocycles. The number of aromatic nitrogens is 4. The maximum absolute atomic E-state index is 12.6. The Kier molecular flexibility index (Phi) is 5.56. The van der Waals surface area contributed by atoms with Crippen molar-refractivity contribution in [2.24, 2.45) is 5.92 Å². The molecule has 8 heteroatoms. The van der Waals surface area contributed by atoms with Crippen molar-refractivity contribution in [2.75, 3.05) is 6.54 Å². The van der Waals surface area contributed by atoms with Gasteiger partial charge < -0.3 is 15.0 Å². The lowest BCUT2D eigenvalue weighted by Crippen LogP contribution is -2.50. The summed E-state index contributed by atoms with van der Waals surface area (Å²) in [5, 5.41) is 17.7. The molecule has 1 saturated carbocycles. The fraction of sp³-hybridized carbons (Fsp3) is 0.882. The summed E-state index contributed by atoms with van der Waals surface area (Å²) in [6.45, 7) is 7.17. The van der Waals surface area contributed by atoms with E-state index < -0.39 is 5.60 Å². The smallest absolute Gasteiger partial charge is 0.410 e. The number of nitrogens with one attached hydrogen (secondary N) is 2. The number of H-pyrrole nitrogens is 1. The van der Waals surface area contributed by atoms with Gasteiger partial charge in [-0.15, -0.1) is 10.2 Å². The first-order valence-corrected chi connectivity index (χ1v) is 9.39. The van der Waals surface area contributed by atoms with Gasteiger partial charge in [-0.1, -0.05) is 18.1 Å². The Balaban J connectivity index is 1.64. The zero-order valence-corrected chi connectivity index (χ0v) is 15.5. The zero-order chi connectivity index (χ0) is 17.9. The molecule has 2 N–H and O–H groups in total. The molecule has 3 unspecified atom stereocenters. The number of likely N-dealkylation sites (tertiary alicyclic amines) is 1. The van der Waals surface area contributed by atoms with Gasteiger partial charge in [-0.3, -0.25) is 0 Å². The number of hydrogen-bond acceptors (Lipinski definition) is 6. The van der Waals surface area contributed by atoms with E-state index in [-0.39, 0.29) is 12.1 Å². The van der Waals surface area contributed by atoms with Gasteiger partial charge in [-0.2, -0.15) is 5.21 Å². The molecule has 1 aromatic rings. The van der Waals surface area contributed by atoms with Crippen LogP contribution in [0.15, 0.2) is 0 Å². The van der Waals surface area contributed by atoms with Gasteiger partial charge in [0.05, 0.1) is 6.54 Å². The highest BCUT2D eigenvalue weighted by Crippen LogP contribution is 2.35. The number of carbonyl (C=O) groups excluding carboxylic acids is 1. The molecule has 0 spiro atoms. The Morgan fingerprint density at radius 2 is 2.08 bits per heavy atom. The maximum Gasteiger partial charge on any atom is 0.410 e. The number of rotatable bonds is 4. The van der Waals surface area contributed by atoms with Crippen molar-refractivity contribution in [3.8, 4) is 0 Å². The number of aromatic amines is 1. The van der Waals surface area contributed by atoms with Gasteiger partial charge in [-0.05, 0) is 52.4 Å². The monoisotopic (exact) mass is 350 g/mol. The van der Waals surface area contributed by atoms with Crippen LogP contribution in [0.25, 0.3) is 0 Å². The summed E-state index contributed by atoms with van der Waals surface area (Å²) in [6.07, 6.45) is 6.66. The van der Waals surface area contributed by atoms with Gasteiger partial charge in [0.1, 0.15) is 5.60 Å². The van der Waals surface area contributed by atoms with Crippen LogP contribution in [0, 0.1) is 5.92 Å². The minimum Gasteiger partial charge on any atom is -0.444 e. The van der Waals surface area contributed by atoms with Gasteiger partial charge in [0.15, 0.2) is 5.82 Å². The lowest BCUT2D eigenvalue weighted by molar-refractivity contribution is 0.0132. The molecular weight excluding hydrogens is 320 g/mol. The summed E-state index contributed by atoms with van der Waals surface area (Å²) < 4.78 is 5.63. The molecule has 2 aliphatic rings. The Morgan fingerprint density at radius 1 is 1.28 bits per heavy atom. The Hall–Kier alpha value is -1.70. The molecule has 3 rings (SSSR count). The molecule has 2 fully saturated rings. The van der Waals surface area contributed by atoms with E-state index in [1.165, 1.54) is 12.8 Å². The molecule has 1 aliphatic heterocycles. The van der Waals surface area contributed by atoms with Crippen LogP contribution >= 0.6 is 0 Å². The number of nitrogens with zero attached hydrogens (tertiary/aromatic N) is 4. The van der Waals surface area contributed by atoms with Crippen molar-refractivity contribution in [3.63, 3.8) is 0 Å². The first-order valence-electron chi connectivity index (χ1n) is 9.39. The van der Waals surface area contributed by atoms with Crippen LogP contribution in [0.3, 0.4) is 0 Å². The van der Waals surface area contributed by atoms with E-state index in [1.807, 2.05) is 25.7 Å². The average Bonchev–Trinajstić information content (AvgIpc) is 3.23. The Bertz CT molecular complexity index is 556. The summed E-state index contributed by atoms with van der Waals surface area (Å²) in [5.74, 6) is 1.13. The third-order valence-electron chi connectivity index (χ3n) is 5.15. The van der Waals surface area contributed by atoms with Crippen LogP contribution in [0.4, 0.5) is 4.79 Å². The first-order chi connectivity index (χ1) is 11.9. The standard InChI is InChI=1S/C17H30N6O2/c1-17(2,3)25-16(24)23-10-6-9-14(23)12-7-4-5-8-13(12)18-11-15-19-21-22-20-15/h12-14,18H,4-11H2,1-3H3,(H,19,20,21,22). The number of carbonyl (C=O) groups is 1. The van der Waals surface area contributed by atoms with Crippen molar-refractivity contribution in [1.29, 1.82) is 0 Å². The summed E-state index contributed by atoms with van der Waals surface area (Å²) in [7, 11) is 0. The summed E-state index contributed by atoms with van der Waals surface area (Å²) in [4.78, 5) is 14.6. The van der Waals surface area contributed by atoms with Crippen molar-refractivity contribution < 1.29 is 9.53 Å². The van der Waals surface area contributed by atoms with Crippen molar-refractivity contribution >= 4 is 6.09 Å². The predicted octanol–water partition coefficient (Wildman–Crippen LogP) is 2.25. The molecule has 1 aromatic heterocycles. The fourth-order valence-corrected chi connectivity index (χ4v) is 4.14. The van der Waals surface area contributed by atoms with Crippen LogP contribution in [-0.4, -0.2) is 55.8 Å². The first kappa shape index (κ1) is 18.1. The lowest BCUT2D eigenvalue weighted by atomic mass is 9.79. The Morgan fingerprint density at radius 3 is 2.80 bits per heavy atom. The topological polar surface area (TPSA) is 96.0 Å². The van der Waals surface area contributed by atoms with E-state index in [1.54, 1.807) is 0 Å². The highest BCUT2D eigenvalue weighted by atomic mass is 16.6. The van der Waals surface area contributed by atoms with Gasteiger partial charge in [0, 0.05) is 18.6 Å². The van der Waals surface area contributed by atoms with E-state index in [4.69, 9.17) is 4.74 Å². The lowest BCUT2D eigenvalue weighted by Gasteiger charge is -2.40. The van der Waals surface area contributed by atoms with Crippen molar-refractivity contribution in [3.05, 3.63) is 5.82 Å². The van der Waals surface area contributed by atoms with Gasteiger partial charge >= 0.3 is 6.09 Å². The van der Waals surface area contributed by atoms with E-state index in [2.05, 4.69) is 25.9 Å². The van der Waals surface area contributed by atoms with E-state index in [9.17, 15) is 4.79 Å². The molecule has 1 amide bonds. The van der Waals surface area contributed by atoms with Crippen LogP contribution < -0.4 is 5.32 Å². The van der Waals surface area contributed by atoms with E-state index >= 15 is 0 Å². The number of hydrogen-bond donors (Lipinski definition) is 2. The minimum atomic E-state index is -0.451. The van der Waals surface area contributed by atoms with Crippen LogP contribution in [0.5, 0.6) is 0 Å². The third-order valence-corrected chi connectivity index (χ3v) is 5.15. The molecule has 140 valence electrons. The van der Waals surface area contributed by atoms with Crippen LogP contribution in [-0.2, 0) is 11.3 Å². The number of ether oxygens (including phenoxy) is 1. The van der Waals surface area contributed by atoms with E-state index in [0.29, 0.717) is 24.3 Å². The summed E-state index contributed by atoms with van der Waals surface area (Å²) in [5.41, 5.74) is -0.451. The maximum atomic E-state index is 12.6. The normalized spacial score (nSPS) is 27.5. The highest BCUT2D eigenvalue weighted by molar-refractivity contribution is 5.69. The average molecular weight is 350 g/mol. The molecule has 25 heavy (non-hydrogen) atoms. The second kappa shape index (κ2) is 7.68. The largest absolute Gasteiger partial charge is 0.444 e. The fourth-order valence-electron chi connectivity index (χ4n) is 4.14. The molecule has 1 aliphatic carbocycles. The second-order valence-corrected chi connectivity index (χ2v) is 8.15. The third kappa shape index (κ3) is 4.68. The van der Waals surface area contributed by atoms with Crippen molar-refractivity contribution in [1.82, 2.24) is 30.8 Å². The summed E-state index contributed by atoms with van der Waals surface area (Å²) in [6, 6.07) is 0.637. The molecule has 0 bridgehead atoms.